The van der Waals surface area contributed by atoms with Gasteiger partial charge in [-0.2, -0.15) is 5.10 Å². The number of H-pyrrole nitrogens is 1. The van der Waals surface area contributed by atoms with E-state index in [-0.39, 0.29) is 11.1 Å². The highest BCUT2D eigenvalue weighted by atomic mass is 35.5. The van der Waals surface area contributed by atoms with Crippen LogP contribution in [0, 0.1) is 12.3 Å². The number of hydrogen-bond donors (Lipinski definition) is 2. The number of halogens is 1. The van der Waals surface area contributed by atoms with Crippen molar-refractivity contribution in [2.24, 2.45) is 0 Å². The van der Waals surface area contributed by atoms with Crippen LogP contribution >= 0.6 is 11.6 Å². The Hall–Kier alpha value is -1.47. The third kappa shape index (κ3) is 3.00. The zero-order valence-electron chi connectivity index (χ0n) is 8.38. The van der Waals surface area contributed by atoms with Gasteiger partial charge in [-0.3, -0.25) is 4.79 Å². The Balaban J connectivity index is 2.85. The lowest BCUT2D eigenvalue weighted by Gasteiger charge is -2.13. The molecule has 15 heavy (non-hydrogen) atoms. The summed E-state index contributed by atoms with van der Waals surface area (Å²) in [6.07, 6.45) is 8.55. The summed E-state index contributed by atoms with van der Waals surface area (Å²) >= 11 is 5.78. The van der Waals surface area contributed by atoms with Gasteiger partial charge in [0, 0.05) is 0 Å². The first-order valence-corrected chi connectivity index (χ1v) is 5.02. The molecule has 0 aliphatic carbocycles. The third-order valence-corrected chi connectivity index (χ3v) is 2.28. The van der Waals surface area contributed by atoms with Gasteiger partial charge in [-0.05, 0) is 6.42 Å². The lowest BCUT2D eigenvalue weighted by Crippen LogP contribution is -2.20. The largest absolute Gasteiger partial charge is 0.369 e. The summed E-state index contributed by atoms with van der Waals surface area (Å²) in [4.78, 5) is 11.1. The van der Waals surface area contributed by atoms with Crippen LogP contribution < -0.4 is 10.9 Å². The van der Waals surface area contributed by atoms with E-state index in [2.05, 4.69) is 21.4 Å². The molecule has 0 saturated carbocycles. The summed E-state index contributed by atoms with van der Waals surface area (Å²) in [5.74, 6) is 2.59. The fourth-order valence-corrected chi connectivity index (χ4v) is 1.30. The minimum absolute atomic E-state index is 0.0846. The fraction of sp³-hybridized carbons (Fsp3) is 0.400. The van der Waals surface area contributed by atoms with Crippen molar-refractivity contribution in [1.82, 2.24) is 10.2 Å². The van der Waals surface area contributed by atoms with Gasteiger partial charge in [0.2, 0.25) is 0 Å². The maximum atomic E-state index is 11.1. The molecule has 0 saturated heterocycles. The quantitative estimate of drug-likeness (QED) is 0.766. The molecular weight excluding hydrogens is 214 g/mol. The van der Waals surface area contributed by atoms with E-state index in [0.717, 1.165) is 12.8 Å². The highest BCUT2D eigenvalue weighted by Crippen LogP contribution is 2.16. The van der Waals surface area contributed by atoms with Crippen molar-refractivity contribution in [2.75, 3.05) is 5.32 Å². The SMILES string of the molecule is C#CC(CCC)Nc1cn[nH]c(=O)c1Cl. The molecule has 1 heterocycles. The predicted octanol–water partition coefficient (Wildman–Crippen LogP) is 1.64. The minimum atomic E-state index is -0.422. The first kappa shape index (κ1) is 11.6. The second-order valence-corrected chi connectivity index (χ2v) is 3.46. The molecule has 1 atom stereocenters. The molecule has 0 spiro atoms. The van der Waals surface area contributed by atoms with Crippen LogP contribution in [0.5, 0.6) is 0 Å². The van der Waals surface area contributed by atoms with E-state index in [1.54, 1.807) is 0 Å². The van der Waals surface area contributed by atoms with Crippen molar-refractivity contribution >= 4 is 17.3 Å². The number of nitrogens with one attached hydrogen (secondary N) is 2. The summed E-state index contributed by atoms with van der Waals surface area (Å²) in [6, 6.07) is -0.129. The molecule has 0 aliphatic heterocycles. The molecule has 1 aromatic heterocycles. The second kappa shape index (κ2) is 5.42. The number of rotatable bonds is 4. The third-order valence-electron chi connectivity index (χ3n) is 1.90. The van der Waals surface area contributed by atoms with Gasteiger partial charge in [0.1, 0.15) is 5.02 Å². The van der Waals surface area contributed by atoms with E-state index in [1.807, 2.05) is 6.92 Å². The molecule has 0 aliphatic rings. The van der Waals surface area contributed by atoms with Gasteiger partial charge in [-0.1, -0.05) is 30.9 Å². The number of aromatic amines is 1. The van der Waals surface area contributed by atoms with E-state index in [0.29, 0.717) is 5.69 Å². The molecular formula is C10H12ClN3O. The van der Waals surface area contributed by atoms with Crippen LogP contribution in [0.15, 0.2) is 11.0 Å². The molecule has 1 aromatic rings. The topological polar surface area (TPSA) is 57.8 Å². The number of aromatic nitrogens is 2. The van der Waals surface area contributed by atoms with Crippen molar-refractivity contribution in [3.8, 4) is 12.3 Å². The molecule has 0 amide bonds. The zero-order chi connectivity index (χ0) is 11.3. The van der Waals surface area contributed by atoms with Crippen LogP contribution in [0.2, 0.25) is 5.02 Å². The van der Waals surface area contributed by atoms with Crippen LogP contribution in [0.1, 0.15) is 19.8 Å². The van der Waals surface area contributed by atoms with Gasteiger partial charge in [-0.25, -0.2) is 5.10 Å². The van der Waals surface area contributed by atoms with Crippen LogP contribution in [0.3, 0.4) is 0 Å². The van der Waals surface area contributed by atoms with Crippen molar-refractivity contribution in [3.05, 3.63) is 21.6 Å². The molecule has 4 nitrogen and oxygen atoms in total. The first-order valence-electron chi connectivity index (χ1n) is 4.64. The van der Waals surface area contributed by atoms with E-state index in [4.69, 9.17) is 18.0 Å². The number of terminal acetylenes is 1. The van der Waals surface area contributed by atoms with Crippen molar-refractivity contribution in [1.29, 1.82) is 0 Å². The van der Waals surface area contributed by atoms with Crippen molar-refractivity contribution < 1.29 is 0 Å². The summed E-state index contributed by atoms with van der Waals surface area (Å²) in [5.41, 5.74) is 0.0470. The van der Waals surface area contributed by atoms with Gasteiger partial charge in [-0.15, -0.1) is 6.42 Å². The Labute approximate surface area is 93.0 Å². The van der Waals surface area contributed by atoms with Crippen LogP contribution in [-0.4, -0.2) is 16.2 Å². The van der Waals surface area contributed by atoms with Crippen LogP contribution in [0.25, 0.3) is 0 Å². The molecule has 0 aromatic carbocycles. The average molecular weight is 226 g/mol. The molecule has 1 unspecified atom stereocenters. The summed E-state index contributed by atoms with van der Waals surface area (Å²) in [5, 5.41) is 8.95. The van der Waals surface area contributed by atoms with E-state index in [9.17, 15) is 4.79 Å². The molecule has 80 valence electrons. The Morgan fingerprint density at radius 2 is 2.53 bits per heavy atom. The minimum Gasteiger partial charge on any atom is -0.369 e. The van der Waals surface area contributed by atoms with Crippen molar-refractivity contribution in [2.45, 2.75) is 25.8 Å². The predicted molar refractivity (Wildman–Crippen MR) is 61.0 cm³/mol. The monoisotopic (exact) mass is 225 g/mol. The Morgan fingerprint density at radius 1 is 1.80 bits per heavy atom. The van der Waals surface area contributed by atoms with Gasteiger partial charge in [0.05, 0.1) is 17.9 Å². The van der Waals surface area contributed by atoms with Gasteiger partial charge >= 0.3 is 0 Å². The normalized spacial score (nSPS) is 11.8. The van der Waals surface area contributed by atoms with Crippen LogP contribution in [0.4, 0.5) is 5.69 Å². The number of hydrogen-bond acceptors (Lipinski definition) is 3. The Kier molecular flexibility index (Phi) is 4.19. The molecule has 5 heteroatoms. The van der Waals surface area contributed by atoms with Gasteiger partial charge in [0.15, 0.2) is 0 Å². The van der Waals surface area contributed by atoms with E-state index >= 15 is 0 Å². The number of anilines is 1. The maximum absolute atomic E-state index is 11.1. The highest BCUT2D eigenvalue weighted by molar-refractivity contribution is 6.32. The summed E-state index contributed by atoms with van der Waals surface area (Å²) < 4.78 is 0. The zero-order valence-corrected chi connectivity index (χ0v) is 9.14. The summed E-state index contributed by atoms with van der Waals surface area (Å²) in [6.45, 7) is 2.03. The van der Waals surface area contributed by atoms with Crippen LogP contribution in [-0.2, 0) is 0 Å². The highest BCUT2D eigenvalue weighted by Gasteiger charge is 2.08. The average Bonchev–Trinajstić information content (AvgIpc) is 2.24. The van der Waals surface area contributed by atoms with Gasteiger partial charge in [0.25, 0.3) is 5.56 Å². The molecule has 0 fully saturated rings. The molecule has 0 bridgehead atoms. The summed E-state index contributed by atoms with van der Waals surface area (Å²) in [7, 11) is 0. The Morgan fingerprint density at radius 3 is 3.13 bits per heavy atom. The second-order valence-electron chi connectivity index (χ2n) is 3.08. The van der Waals surface area contributed by atoms with Gasteiger partial charge < -0.3 is 5.32 Å². The maximum Gasteiger partial charge on any atom is 0.285 e. The molecule has 2 N–H and O–H groups in total. The standard InChI is InChI=1S/C10H12ClN3O/c1-3-5-7(4-2)13-8-6-12-14-10(15)9(8)11/h2,6-7H,3,5H2,1H3,(H2,13,14,15). The first-order chi connectivity index (χ1) is 7.19. The number of nitrogens with zero attached hydrogens (tertiary/aromatic N) is 1. The lowest BCUT2D eigenvalue weighted by molar-refractivity contribution is 0.754. The van der Waals surface area contributed by atoms with Crippen molar-refractivity contribution in [3.63, 3.8) is 0 Å². The molecule has 0 radical (unpaired) electrons. The Bertz CT molecular complexity index is 421. The smallest absolute Gasteiger partial charge is 0.285 e. The van der Waals surface area contributed by atoms with E-state index in [1.165, 1.54) is 6.20 Å². The lowest BCUT2D eigenvalue weighted by atomic mass is 10.2. The fourth-order valence-electron chi connectivity index (χ4n) is 1.16. The van der Waals surface area contributed by atoms with E-state index < -0.39 is 5.56 Å². The molecule has 1 rings (SSSR count).